The van der Waals surface area contributed by atoms with Crippen LogP contribution in [0.2, 0.25) is 5.02 Å². The maximum atomic E-state index is 12.0. The molecule has 0 atom stereocenters. The van der Waals surface area contributed by atoms with Crippen LogP contribution in [0.15, 0.2) is 12.1 Å². The Balaban J connectivity index is 2.36. The second kappa shape index (κ2) is 4.70. The first kappa shape index (κ1) is 13.6. The number of halogens is 1. The molecule has 1 saturated carbocycles. The first-order chi connectivity index (χ1) is 8.86. The molecule has 0 heterocycles. The monoisotopic (exact) mass is 283 g/mol. The SMILES string of the molecule is CNc1c(Cl)cc(C(=O)NC2(C)CC2)cc1[N+](=O)[O-]. The van der Waals surface area contributed by atoms with Crippen LogP contribution >= 0.6 is 11.6 Å². The van der Waals surface area contributed by atoms with Crippen molar-refractivity contribution in [2.75, 3.05) is 12.4 Å². The van der Waals surface area contributed by atoms with Gasteiger partial charge in [0.05, 0.1) is 9.95 Å². The quantitative estimate of drug-likeness (QED) is 0.657. The van der Waals surface area contributed by atoms with Gasteiger partial charge in [-0.05, 0) is 25.8 Å². The summed E-state index contributed by atoms with van der Waals surface area (Å²) < 4.78 is 0. The fourth-order valence-corrected chi connectivity index (χ4v) is 2.08. The van der Waals surface area contributed by atoms with Gasteiger partial charge in [-0.1, -0.05) is 11.6 Å². The second-order valence-electron chi connectivity index (χ2n) is 4.87. The van der Waals surface area contributed by atoms with Crippen LogP contribution < -0.4 is 10.6 Å². The van der Waals surface area contributed by atoms with Crippen molar-refractivity contribution >= 4 is 28.9 Å². The fourth-order valence-electron chi connectivity index (χ4n) is 1.77. The summed E-state index contributed by atoms with van der Waals surface area (Å²) in [6.07, 6.45) is 1.84. The molecule has 2 N–H and O–H groups in total. The van der Waals surface area contributed by atoms with Gasteiger partial charge in [0.1, 0.15) is 5.69 Å². The van der Waals surface area contributed by atoms with Crippen molar-refractivity contribution in [3.8, 4) is 0 Å². The maximum Gasteiger partial charge on any atom is 0.294 e. The number of nitrogens with one attached hydrogen (secondary N) is 2. The predicted octanol–water partition coefficient (Wildman–Crippen LogP) is 2.57. The van der Waals surface area contributed by atoms with Crippen LogP contribution in [0.4, 0.5) is 11.4 Å². The third-order valence-corrected chi connectivity index (χ3v) is 3.49. The first-order valence-corrected chi connectivity index (χ1v) is 6.22. The summed E-state index contributed by atoms with van der Waals surface area (Å²) in [5.41, 5.74) is 0.0193. The summed E-state index contributed by atoms with van der Waals surface area (Å²) in [6, 6.07) is 2.67. The molecule has 0 spiro atoms. The average molecular weight is 284 g/mol. The Kier molecular flexibility index (Phi) is 3.36. The third-order valence-electron chi connectivity index (χ3n) is 3.19. The number of carbonyl (C=O) groups is 1. The number of amides is 1. The minimum atomic E-state index is -0.562. The Morgan fingerprint density at radius 1 is 1.47 bits per heavy atom. The van der Waals surface area contributed by atoms with Crippen LogP contribution in [0.5, 0.6) is 0 Å². The number of anilines is 1. The van der Waals surface area contributed by atoms with Gasteiger partial charge in [0.25, 0.3) is 11.6 Å². The normalized spacial score (nSPS) is 15.7. The number of rotatable bonds is 4. The highest BCUT2D eigenvalue weighted by molar-refractivity contribution is 6.34. The van der Waals surface area contributed by atoms with Gasteiger partial charge in [-0.25, -0.2) is 0 Å². The summed E-state index contributed by atoms with van der Waals surface area (Å²) in [5.74, 6) is -0.340. The van der Waals surface area contributed by atoms with Gasteiger partial charge >= 0.3 is 0 Å². The van der Waals surface area contributed by atoms with E-state index in [-0.39, 0.29) is 33.4 Å². The molecule has 0 aromatic heterocycles. The van der Waals surface area contributed by atoms with Crippen LogP contribution in [-0.4, -0.2) is 23.4 Å². The standard InChI is InChI=1S/C12H14ClN3O3/c1-12(3-4-12)15-11(17)7-5-8(13)10(14-2)9(6-7)16(18)19/h5-6,14H,3-4H2,1-2H3,(H,15,17). The molecule has 0 saturated heterocycles. The van der Waals surface area contributed by atoms with E-state index in [4.69, 9.17) is 11.6 Å². The summed E-state index contributed by atoms with van der Waals surface area (Å²) in [5, 5.41) is 16.6. The molecule has 1 amide bonds. The molecule has 7 heteroatoms. The predicted molar refractivity (Wildman–Crippen MR) is 72.8 cm³/mol. The van der Waals surface area contributed by atoms with Crippen LogP contribution in [-0.2, 0) is 0 Å². The lowest BCUT2D eigenvalue weighted by Gasteiger charge is -2.12. The number of benzene rings is 1. The van der Waals surface area contributed by atoms with Crippen molar-refractivity contribution in [1.82, 2.24) is 5.32 Å². The van der Waals surface area contributed by atoms with E-state index in [1.165, 1.54) is 12.1 Å². The number of carbonyl (C=O) groups excluding carboxylic acids is 1. The van der Waals surface area contributed by atoms with Crippen LogP contribution in [0.3, 0.4) is 0 Å². The lowest BCUT2D eigenvalue weighted by molar-refractivity contribution is -0.383. The molecule has 102 valence electrons. The fraction of sp³-hybridized carbons (Fsp3) is 0.417. The van der Waals surface area contributed by atoms with Gasteiger partial charge in [-0.15, -0.1) is 0 Å². The zero-order valence-corrected chi connectivity index (χ0v) is 11.4. The largest absolute Gasteiger partial charge is 0.381 e. The number of nitro groups is 1. The summed E-state index contributed by atoms with van der Waals surface area (Å²) >= 11 is 5.96. The highest BCUT2D eigenvalue weighted by atomic mass is 35.5. The molecular weight excluding hydrogens is 270 g/mol. The summed E-state index contributed by atoms with van der Waals surface area (Å²) in [4.78, 5) is 22.4. The molecule has 2 rings (SSSR count). The van der Waals surface area contributed by atoms with E-state index in [2.05, 4.69) is 10.6 Å². The Bertz CT molecular complexity index is 555. The molecule has 1 aromatic carbocycles. The molecule has 1 aromatic rings. The second-order valence-corrected chi connectivity index (χ2v) is 5.28. The molecule has 1 aliphatic carbocycles. The van der Waals surface area contributed by atoms with Crippen LogP contribution in [0.1, 0.15) is 30.1 Å². The van der Waals surface area contributed by atoms with E-state index in [1.807, 2.05) is 6.92 Å². The highest BCUT2D eigenvalue weighted by Gasteiger charge is 2.39. The lowest BCUT2D eigenvalue weighted by Crippen LogP contribution is -2.34. The van der Waals surface area contributed by atoms with Gasteiger partial charge in [0.2, 0.25) is 0 Å². The summed E-state index contributed by atoms with van der Waals surface area (Å²) in [6.45, 7) is 1.93. The topological polar surface area (TPSA) is 84.3 Å². The average Bonchev–Trinajstić information content (AvgIpc) is 3.05. The molecule has 0 aliphatic heterocycles. The molecule has 0 unspecified atom stereocenters. The Labute approximate surface area is 115 Å². The minimum Gasteiger partial charge on any atom is -0.381 e. The third kappa shape index (κ3) is 2.78. The Morgan fingerprint density at radius 3 is 2.58 bits per heavy atom. The molecule has 0 bridgehead atoms. The summed E-state index contributed by atoms with van der Waals surface area (Å²) in [7, 11) is 1.54. The van der Waals surface area contributed by atoms with E-state index in [9.17, 15) is 14.9 Å². The van der Waals surface area contributed by atoms with Crippen molar-refractivity contribution in [2.45, 2.75) is 25.3 Å². The zero-order chi connectivity index (χ0) is 14.2. The Morgan fingerprint density at radius 2 is 2.11 bits per heavy atom. The zero-order valence-electron chi connectivity index (χ0n) is 10.6. The van der Waals surface area contributed by atoms with Crippen molar-refractivity contribution in [3.05, 3.63) is 32.8 Å². The van der Waals surface area contributed by atoms with Gasteiger partial charge in [0, 0.05) is 24.2 Å². The smallest absolute Gasteiger partial charge is 0.294 e. The van der Waals surface area contributed by atoms with Gasteiger partial charge < -0.3 is 10.6 Å². The van der Waals surface area contributed by atoms with E-state index < -0.39 is 4.92 Å². The van der Waals surface area contributed by atoms with Crippen molar-refractivity contribution in [1.29, 1.82) is 0 Å². The lowest BCUT2D eigenvalue weighted by atomic mass is 10.1. The van der Waals surface area contributed by atoms with E-state index in [0.717, 1.165) is 12.8 Å². The van der Waals surface area contributed by atoms with E-state index in [1.54, 1.807) is 7.05 Å². The number of hydrogen-bond donors (Lipinski definition) is 2. The minimum absolute atomic E-state index is 0.155. The van der Waals surface area contributed by atoms with Crippen molar-refractivity contribution in [3.63, 3.8) is 0 Å². The number of hydrogen-bond acceptors (Lipinski definition) is 4. The molecule has 1 fully saturated rings. The molecule has 6 nitrogen and oxygen atoms in total. The van der Waals surface area contributed by atoms with Gasteiger partial charge in [-0.2, -0.15) is 0 Å². The van der Waals surface area contributed by atoms with E-state index in [0.29, 0.717) is 0 Å². The number of nitro benzene ring substituents is 1. The molecule has 1 aliphatic rings. The van der Waals surface area contributed by atoms with Crippen molar-refractivity contribution < 1.29 is 9.72 Å². The Hall–Kier alpha value is -1.82. The van der Waals surface area contributed by atoms with E-state index >= 15 is 0 Å². The molecule has 0 radical (unpaired) electrons. The number of nitrogens with zero attached hydrogens (tertiary/aromatic N) is 1. The molecule has 19 heavy (non-hydrogen) atoms. The maximum absolute atomic E-state index is 12.0. The highest BCUT2D eigenvalue weighted by Crippen LogP contribution is 2.36. The van der Waals surface area contributed by atoms with Crippen molar-refractivity contribution in [2.24, 2.45) is 0 Å². The van der Waals surface area contributed by atoms with Crippen LogP contribution in [0, 0.1) is 10.1 Å². The van der Waals surface area contributed by atoms with Gasteiger partial charge in [-0.3, -0.25) is 14.9 Å². The van der Waals surface area contributed by atoms with Gasteiger partial charge in [0.15, 0.2) is 0 Å². The molecular formula is C12H14ClN3O3. The first-order valence-electron chi connectivity index (χ1n) is 5.84. The van der Waals surface area contributed by atoms with Crippen LogP contribution in [0.25, 0.3) is 0 Å².